The molecule has 0 saturated heterocycles. The molecule has 2 aliphatic rings. The summed E-state index contributed by atoms with van der Waals surface area (Å²) in [6.45, 7) is 5.08. The van der Waals surface area contributed by atoms with Gasteiger partial charge in [-0.25, -0.2) is 0 Å². The van der Waals surface area contributed by atoms with Crippen molar-refractivity contribution in [3.8, 4) is 0 Å². The SMILES string of the molecule is CCCCN1C(=O)C2=C(c3ccc(N(c4ccccc4)c4ccccc4)o3)N(CCCC)C(=O)C2=C1c1ccc(N(c2ccccc2)c2ccccc2)o1. The van der Waals surface area contributed by atoms with E-state index < -0.39 is 0 Å². The molecule has 54 heavy (non-hydrogen) atoms. The first-order valence-corrected chi connectivity index (χ1v) is 18.7. The molecule has 4 heterocycles. The van der Waals surface area contributed by atoms with E-state index in [1.165, 1.54) is 0 Å². The largest absolute Gasteiger partial charge is 0.438 e. The number of para-hydroxylation sites is 4. The Kier molecular flexibility index (Phi) is 9.73. The predicted octanol–water partition coefficient (Wildman–Crippen LogP) is 11.2. The number of furan rings is 2. The maximum atomic E-state index is 14.7. The van der Waals surface area contributed by atoms with Gasteiger partial charge in [-0.3, -0.25) is 19.4 Å². The van der Waals surface area contributed by atoms with E-state index in [1.54, 1.807) is 9.80 Å². The summed E-state index contributed by atoms with van der Waals surface area (Å²) in [4.78, 5) is 37.0. The van der Waals surface area contributed by atoms with Crippen molar-refractivity contribution in [1.29, 1.82) is 0 Å². The maximum absolute atomic E-state index is 14.7. The number of carbonyl (C=O) groups is 2. The van der Waals surface area contributed by atoms with E-state index in [-0.39, 0.29) is 11.8 Å². The van der Waals surface area contributed by atoms with Crippen molar-refractivity contribution in [2.24, 2.45) is 0 Å². The lowest BCUT2D eigenvalue weighted by Gasteiger charge is -2.24. The normalized spacial score (nSPS) is 14.0. The van der Waals surface area contributed by atoms with Crippen molar-refractivity contribution in [3.05, 3.63) is 168 Å². The summed E-state index contributed by atoms with van der Waals surface area (Å²) in [5.41, 5.74) is 5.40. The lowest BCUT2D eigenvalue weighted by Crippen LogP contribution is -2.30. The van der Waals surface area contributed by atoms with Crippen molar-refractivity contribution >= 4 is 57.7 Å². The van der Waals surface area contributed by atoms with Crippen LogP contribution in [0.2, 0.25) is 0 Å². The minimum Gasteiger partial charge on any atom is -0.438 e. The quantitative estimate of drug-likeness (QED) is 0.112. The van der Waals surface area contributed by atoms with Gasteiger partial charge in [0.2, 0.25) is 11.8 Å². The Hall–Kier alpha value is -6.54. The second-order valence-electron chi connectivity index (χ2n) is 13.4. The van der Waals surface area contributed by atoms with E-state index in [0.29, 0.717) is 58.9 Å². The third-order valence-corrected chi connectivity index (χ3v) is 9.80. The fourth-order valence-corrected chi connectivity index (χ4v) is 7.23. The molecule has 8 heteroatoms. The van der Waals surface area contributed by atoms with E-state index >= 15 is 0 Å². The highest BCUT2D eigenvalue weighted by Gasteiger charge is 2.50. The van der Waals surface area contributed by atoms with Crippen molar-refractivity contribution in [2.45, 2.75) is 39.5 Å². The Morgan fingerprint density at radius 3 is 1.06 bits per heavy atom. The van der Waals surface area contributed by atoms with Crippen LogP contribution in [0.15, 0.2) is 166 Å². The van der Waals surface area contributed by atoms with Crippen LogP contribution in [0.4, 0.5) is 34.5 Å². The minimum atomic E-state index is -0.224. The zero-order valence-corrected chi connectivity index (χ0v) is 30.5. The van der Waals surface area contributed by atoms with Crippen LogP contribution in [0.1, 0.15) is 51.1 Å². The summed E-state index contributed by atoms with van der Waals surface area (Å²) in [5, 5.41) is 0. The number of hydrogen-bond acceptors (Lipinski definition) is 6. The van der Waals surface area contributed by atoms with Gasteiger partial charge in [-0.2, -0.15) is 0 Å². The standard InChI is InChI=1S/C46H42N4O4/c1-3-5-31-47-43(37-27-29-39(53-37)49(33-19-11-7-12-20-33)34-21-13-8-14-22-34)41-42(45(47)51)44(48(46(41)52)32-6-4-2)38-28-30-40(54-38)50(35-23-15-9-16-24-35)36-25-17-10-18-26-36/h7-30H,3-6,31-32H2,1-2H3. The maximum Gasteiger partial charge on any atom is 0.261 e. The number of fused-ring (bicyclic) bond motifs is 1. The molecule has 0 radical (unpaired) electrons. The Bertz CT molecular complexity index is 2070. The lowest BCUT2D eigenvalue weighted by atomic mass is 10.1. The van der Waals surface area contributed by atoms with Crippen LogP contribution in [0, 0.1) is 0 Å². The highest BCUT2D eigenvalue weighted by atomic mass is 16.4. The molecule has 0 aliphatic carbocycles. The molecule has 8 rings (SSSR count). The Labute approximate surface area is 315 Å². The second-order valence-corrected chi connectivity index (χ2v) is 13.4. The molecule has 2 aliphatic heterocycles. The number of nitrogens with zero attached hydrogens (tertiary/aromatic N) is 4. The van der Waals surface area contributed by atoms with Crippen LogP contribution >= 0.6 is 0 Å². The first kappa shape index (κ1) is 34.5. The first-order chi connectivity index (χ1) is 26.6. The summed E-state index contributed by atoms with van der Waals surface area (Å²) in [7, 11) is 0. The van der Waals surface area contributed by atoms with Gasteiger partial charge in [0.15, 0.2) is 11.5 Å². The first-order valence-electron chi connectivity index (χ1n) is 18.7. The Morgan fingerprint density at radius 2 is 0.759 bits per heavy atom. The van der Waals surface area contributed by atoms with E-state index in [1.807, 2.05) is 155 Å². The van der Waals surface area contributed by atoms with Gasteiger partial charge in [0.1, 0.15) is 11.4 Å². The van der Waals surface area contributed by atoms with Crippen LogP contribution < -0.4 is 9.80 Å². The van der Waals surface area contributed by atoms with Crippen molar-refractivity contribution in [1.82, 2.24) is 9.80 Å². The van der Waals surface area contributed by atoms with Gasteiger partial charge < -0.3 is 18.6 Å². The van der Waals surface area contributed by atoms with Crippen molar-refractivity contribution in [2.75, 3.05) is 22.9 Å². The molecule has 270 valence electrons. The smallest absolute Gasteiger partial charge is 0.261 e. The lowest BCUT2D eigenvalue weighted by molar-refractivity contribution is -0.124. The van der Waals surface area contributed by atoms with Gasteiger partial charge >= 0.3 is 0 Å². The van der Waals surface area contributed by atoms with Crippen LogP contribution in [-0.4, -0.2) is 34.7 Å². The molecule has 0 unspecified atom stereocenters. The fourth-order valence-electron chi connectivity index (χ4n) is 7.23. The Morgan fingerprint density at radius 1 is 0.444 bits per heavy atom. The Balaban J connectivity index is 1.27. The molecule has 0 spiro atoms. The van der Waals surface area contributed by atoms with Gasteiger partial charge in [0.25, 0.3) is 11.8 Å². The van der Waals surface area contributed by atoms with Gasteiger partial charge in [-0.15, -0.1) is 0 Å². The zero-order valence-electron chi connectivity index (χ0n) is 30.5. The number of unbranched alkanes of at least 4 members (excludes halogenated alkanes) is 2. The molecule has 0 N–H and O–H groups in total. The topological polar surface area (TPSA) is 73.4 Å². The number of benzene rings is 4. The average Bonchev–Trinajstić information content (AvgIpc) is 4.00. The third kappa shape index (κ3) is 6.30. The molecule has 2 amide bonds. The molecule has 0 fully saturated rings. The van der Waals surface area contributed by atoms with E-state index in [9.17, 15) is 9.59 Å². The summed E-state index contributed by atoms with van der Waals surface area (Å²) in [6, 6.07) is 47.6. The van der Waals surface area contributed by atoms with Gasteiger partial charge in [0, 0.05) is 48.0 Å². The molecule has 6 aromatic rings. The number of carbonyl (C=O) groups excluding carboxylic acids is 2. The van der Waals surface area contributed by atoms with Crippen LogP contribution in [-0.2, 0) is 9.59 Å². The van der Waals surface area contributed by atoms with Crippen molar-refractivity contribution < 1.29 is 18.4 Å². The minimum absolute atomic E-state index is 0.224. The predicted molar refractivity (Wildman–Crippen MR) is 214 cm³/mol. The number of hydrogen-bond donors (Lipinski definition) is 0. The highest BCUT2D eigenvalue weighted by Crippen LogP contribution is 2.49. The summed E-state index contributed by atoms with van der Waals surface area (Å²) in [5.74, 6) is 1.61. The molecule has 0 bridgehead atoms. The van der Waals surface area contributed by atoms with Gasteiger partial charge in [0.05, 0.1) is 11.1 Å². The number of anilines is 6. The van der Waals surface area contributed by atoms with Gasteiger partial charge in [-0.1, -0.05) is 99.5 Å². The molecule has 4 aromatic carbocycles. The fraction of sp³-hybridized carbons (Fsp3) is 0.174. The van der Waals surface area contributed by atoms with Crippen LogP contribution in [0.3, 0.4) is 0 Å². The van der Waals surface area contributed by atoms with E-state index in [2.05, 4.69) is 13.8 Å². The summed E-state index contributed by atoms with van der Waals surface area (Å²) >= 11 is 0. The van der Waals surface area contributed by atoms with Crippen LogP contribution in [0.25, 0.3) is 11.4 Å². The molecule has 0 saturated carbocycles. The number of rotatable bonds is 14. The third-order valence-electron chi connectivity index (χ3n) is 9.80. The van der Waals surface area contributed by atoms with Crippen LogP contribution in [0.5, 0.6) is 0 Å². The second kappa shape index (κ2) is 15.2. The van der Waals surface area contributed by atoms with Crippen molar-refractivity contribution in [3.63, 3.8) is 0 Å². The molecular weight excluding hydrogens is 673 g/mol. The average molecular weight is 715 g/mol. The molecule has 0 atom stereocenters. The van der Waals surface area contributed by atoms with E-state index in [4.69, 9.17) is 8.83 Å². The van der Waals surface area contributed by atoms with Gasteiger partial charge in [-0.05, 0) is 73.5 Å². The molecule has 8 nitrogen and oxygen atoms in total. The van der Waals surface area contributed by atoms with E-state index in [0.717, 1.165) is 48.4 Å². The molecule has 2 aromatic heterocycles. The summed E-state index contributed by atoms with van der Waals surface area (Å²) < 4.78 is 13.4. The highest BCUT2D eigenvalue weighted by molar-refractivity contribution is 6.30. The number of amides is 2. The summed E-state index contributed by atoms with van der Waals surface area (Å²) in [6.07, 6.45) is 3.29. The monoisotopic (exact) mass is 714 g/mol. The molecular formula is C46H42N4O4. The zero-order chi connectivity index (χ0) is 37.0.